The van der Waals surface area contributed by atoms with Crippen molar-refractivity contribution in [2.24, 2.45) is 4.99 Å². The van der Waals surface area contributed by atoms with Crippen LogP contribution in [-0.2, 0) is 0 Å². The Balaban J connectivity index is 2.66. The third-order valence-corrected chi connectivity index (χ3v) is 1.78. The van der Waals surface area contributed by atoms with Gasteiger partial charge in [-0.3, -0.25) is 9.89 Å². The molecule has 0 fully saturated rings. The number of hydrogen-bond donors (Lipinski definition) is 0. The zero-order chi connectivity index (χ0) is 7.56. The molecule has 1 aliphatic heterocycles. The third kappa shape index (κ3) is 1.45. The van der Waals surface area contributed by atoms with E-state index in [9.17, 15) is 0 Å². The number of hydrogen-bond acceptors (Lipinski definition) is 2. The van der Waals surface area contributed by atoms with Gasteiger partial charge in [0.25, 0.3) is 0 Å². The van der Waals surface area contributed by atoms with Crippen LogP contribution >= 0.6 is 0 Å². The smallest absolute Gasteiger partial charge is 0.0277 e. The van der Waals surface area contributed by atoms with Crippen LogP contribution in [0.15, 0.2) is 16.1 Å². The molecule has 0 saturated carbocycles. The summed E-state index contributed by atoms with van der Waals surface area (Å²) in [5.74, 6) is 0. The highest BCUT2D eigenvalue weighted by Gasteiger charge is 2.12. The summed E-state index contributed by atoms with van der Waals surface area (Å²) in [6, 6.07) is 0. The highest BCUT2D eigenvalue weighted by molar-refractivity contribution is 5.80. The Morgan fingerprint density at radius 3 is 2.60 bits per heavy atom. The topological polar surface area (TPSA) is 15.6 Å². The molecule has 0 bridgehead atoms. The van der Waals surface area contributed by atoms with Gasteiger partial charge in [0, 0.05) is 26.4 Å². The van der Waals surface area contributed by atoms with Crippen molar-refractivity contribution in [1.82, 2.24) is 4.90 Å². The van der Waals surface area contributed by atoms with E-state index in [2.05, 4.69) is 23.9 Å². The van der Waals surface area contributed by atoms with Crippen LogP contribution in [0.2, 0.25) is 0 Å². The minimum atomic E-state index is 1.06. The summed E-state index contributed by atoms with van der Waals surface area (Å²) in [6.45, 7) is 4.32. The van der Waals surface area contributed by atoms with Crippen LogP contribution in [0.5, 0.6) is 0 Å². The van der Waals surface area contributed by atoms with E-state index in [0.717, 1.165) is 13.1 Å². The fraction of sp³-hybridized carbons (Fsp3) is 0.625. The van der Waals surface area contributed by atoms with Crippen molar-refractivity contribution in [2.45, 2.75) is 6.92 Å². The van der Waals surface area contributed by atoms with Crippen molar-refractivity contribution in [1.29, 1.82) is 0 Å². The minimum Gasteiger partial charge on any atom is -0.298 e. The van der Waals surface area contributed by atoms with E-state index >= 15 is 0 Å². The fourth-order valence-corrected chi connectivity index (χ4v) is 1.29. The van der Waals surface area contributed by atoms with Gasteiger partial charge in [0.2, 0.25) is 0 Å². The molecule has 0 aromatic heterocycles. The molecule has 0 atom stereocenters. The van der Waals surface area contributed by atoms with Gasteiger partial charge in [-0.2, -0.15) is 0 Å². The molecule has 0 N–H and O–H groups in total. The SMILES string of the molecule is CN=CC1=C(C)CN(C)C1. The van der Waals surface area contributed by atoms with E-state index in [0.29, 0.717) is 0 Å². The highest BCUT2D eigenvalue weighted by atomic mass is 15.1. The van der Waals surface area contributed by atoms with Crippen LogP contribution in [0.3, 0.4) is 0 Å². The van der Waals surface area contributed by atoms with E-state index in [-0.39, 0.29) is 0 Å². The molecule has 0 amide bonds. The van der Waals surface area contributed by atoms with Gasteiger partial charge in [0.15, 0.2) is 0 Å². The van der Waals surface area contributed by atoms with Gasteiger partial charge >= 0.3 is 0 Å². The summed E-state index contributed by atoms with van der Waals surface area (Å²) in [5.41, 5.74) is 2.83. The van der Waals surface area contributed by atoms with Gasteiger partial charge in [-0.1, -0.05) is 5.57 Å². The van der Waals surface area contributed by atoms with Gasteiger partial charge in [0.1, 0.15) is 0 Å². The van der Waals surface area contributed by atoms with Crippen LogP contribution in [0, 0.1) is 0 Å². The van der Waals surface area contributed by atoms with Gasteiger partial charge < -0.3 is 0 Å². The van der Waals surface area contributed by atoms with E-state index in [1.54, 1.807) is 0 Å². The Morgan fingerprint density at radius 1 is 1.50 bits per heavy atom. The van der Waals surface area contributed by atoms with Crippen LogP contribution < -0.4 is 0 Å². The largest absolute Gasteiger partial charge is 0.298 e. The van der Waals surface area contributed by atoms with Crippen LogP contribution in [0.1, 0.15) is 6.92 Å². The van der Waals surface area contributed by atoms with Crippen molar-refractivity contribution < 1.29 is 0 Å². The molecule has 56 valence electrons. The highest BCUT2D eigenvalue weighted by Crippen LogP contribution is 2.12. The third-order valence-electron chi connectivity index (χ3n) is 1.78. The zero-order valence-electron chi connectivity index (χ0n) is 6.89. The lowest BCUT2D eigenvalue weighted by Crippen LogP contribution is -2.14. The predicted octanol–water partition coefficient (Wildman–Crippen LogP) is 0.949. The molecule has 1 rings (SSSR count). The number of nitrogens with zero attached hydrogens (tertiary/aromatic N) is 2. The Bertz CT molecular complexity index is 180. The van der Waals surface area contributed by atoms with Gasteiger partial charge in [-0.25, -0.2) is 0 Å². The molecular formula is C8H14N2. The van der Waals surface area contributed by atoms with Crippen molar-refractivity contribution in [3.05, 3.63) is 11.1 Å². The summed E-state index contributed by atoms with van der Waals surface area (Å²) in [7, 11) is 3.94. The van der Waals surface area contributed by atoms with Crippen molar-refractivity contribution in [3.63, 3.8) is 0 Å². The molecule has 0 aromatic carbocycles. The lowest BCUT2D eigenvalue weighted by Gasteiger charge is -2.04. The van der Waals surface area contributed by atoms with Crippen LogP contribution in [0.25, 0.3) is 0 Å². The molecule has 0 unspecified atom stereocenters. The summed E-state index contributed by atoms with van der Waals surface area (Å²) in [5, 5.41) is 0. The van der Waals surface area contributed by atoms with E-state index in [1.807, 2.05) is 13.3 Å². The fourth-order valence-electron chi connectivity index (χ4n) is 1.29. The Labute approximate surface area is 62.3 Å². The quantitative estimate of drug-likeness (QED) is 0.492. The lowest BCUT2D eigenvalue weighted by atomic mass is 10.2. The second kappa shape index (κ2) is 2.97. The first kappa shape index (κ1) is 7.48. The van der Waals surface area contributed by atoms with Crippen LogP contribution in [-0.4, -0.2) is 38.3 Å². The molecule has 0 aliphatic carbocycles. The van der Waals surface area contributed by atoms with Crippen molar-refractivity contribution >= 4 is 6.21 Å². The second-order valence-electron chi connectivity index (χ2n) is 2.87. The Kier molecular flexibility index (Phi) is 2.22. The van der Waals surface area contributed by atoms with Crippen LogP contribution in [0.4, 0.5) is 0 Å². The minimum absolute atomic E-state index is 1.06. The maximum atomic E-state index is 3.99. The molecule has 0 saturated heterocycles. The van der Waals surface area contributed by atoms with Gasteiger partial charge in [-0.05, 0) is 19.5 Å². The van der Waals surface area contributed by atoms with E-state index < -0.39 is 0 Å². The Morgan fingerprint density at radius 2 is 2.20 bits per heavy atom. The van der Waals surface area contributed by atoms with E-state index in [1.165, 1.54) is 11.1 Å². The number of rotatable bonds is 1. The summed E-state index contributed by atoms with van der Waals surface area (Å²) in [4.78, 5) is 6.28. The van der Waals surface area contributed by atoms with Gasteiger partial charge in [0.05, 0.1) is 0 Å². The predicted molar refractivity (Wildman–Crippen MR) is 44.6 cm³/mol. The average molecular weight is 138 g/mol. The zero-order valence-corrected chi connectivity index (χ0v) is 6.89. The van der Waals surface area contributed by atoms with Crippen molar-refractivity contribution in [3.8, 4) is 0 Å². The lowest BCUT2D eigenvalue weighted by molar-refractivity contribution is 0.427. The molecule has 10 heavy (non-hydrogen) atoms. The summed E-state index contributed by atoms with van der Waals surface area (Å²) < 4.78 is 0. The molecule has 2 nitrogen and oxygen atoms in total. The van der Waals surface area contributed by atoms with Gasteiger partial charge in [-0.15, -0.1) is 0 Å². The molecule has 0 spiro atoms. The first-order chi connectivity index (χ1) is 4.74. The maximum Gasteiger partial charge on any atom is 0.0277 e. The summed E-state index contributed by atoms with van der Waals surface area (Å²) in [6.07, 6.45) is 1.96. The van der Waals surface area contributed by atoms with E-state index in [4.69, 9.17) is 0 Å². The molecule has 1 heterocycles. The summed E-state index contributed by atoms with van der Waals surface area (Å²) >= 11 is 0. The molecular weight excluding hydrogens is 124 g/mol. The average Bonchev–Trinajstić information content (AvgIpc) is 2.13. The monoisotopic (exact) mass is 138 g/mol. The molecule has 0 radical (unpaired) electrons. The Hall–Kier alpha value is -0.630. The second-order valence-corrected chi connectivity index (χ2v) is 2.87. The number of likely N-dealkylation sites (N-methyl/N-ethyl adjacent to an activating group) is 1. The van der Waals surface area contributed by atoms with Crippen molar-refractivity contribution in [2.75, 3.05) is 27.2 Å². The number of aliphatic imine (C=N–C) groups is 1. The molecule has 2 heteroatoms. The first-order valence-corrected chi connectivity index (χ1v) is 3.53. The first-order valence-electron chi connectivity index (χ1n) is 3.53. The maximum absolute atomic E-state index is 3.99. The molecule has 0 aromatic rings. The standard InChI is InChI=1S/C8H14N2/c1-7-5-10(3)6-8(7)4-9-2/h4H,5-6H2,1-3H3. The normalized spacial score (nSPS) is 21.5. The molecule has 1 aliphatic rings.